The van der Waals surface area contributed by atoms with Crippen LogP contribution in [0, 0.1) is 6.92 Å². The molecular weight excluding hydrogens is 268 g/mol. The molecule has 7 heteroatoms. The number of nitrogen functional groups attached to an aromatic ring is 1. The van der Waals surface area contributed by atoms with Crippen LogP contribution in [-0.2, 0) is 5.75 Å². The third-order valence-electron chi connectivity index (χ3n) is 2.12. The van der Waals surface area contributed by atoms with E-state index in [4.69, 9.17) is 5.84 Å². The number of thiophene rings is 1. The van der Waals surface area contributed by atoms with Gasteiger partial charge in [0.15, 0.2) is 5.16 Å². The Morgan fingerprint density at radius 3 is 2.83 bits per heavy atom. The number of aromatic nitrogens is 2. The number of hydrogen-bond donors (Lipinski definition) is 2. The van der Waals surface area contributed by atoms with Crippen LogP contribution in [0.3, 0.4) is 0 Å². The van der Waals surface area contributed by atoms with Gasteiger partial charge in [-0.25, -0.2) is 15.8 Å². The van der Waals surface area contributed by atoms with Gasteiger partial charge in [-0.15, -0.1) is 11.3 Å². The molecule has 0 aromatic carbocycles. The van der Waals surface area contributed by atoms with Crippen molar-refractivity contribution in [1.29, 1.82) is 0 Å². The molecular formula is C11H12N4OS2. The lowest BCUT2D eigenvalue weighted by atomic mass is 10.4. The lowest BCUT2D eigenvalue weighted by Gasteiger charge is -1.98. The average molecular weight is 280 g/mol. The number of hydrogen-bond acceptors (Lipinski definition) is 6. The highest BCUT2D eigenvalue weighted by Gasteiger charge is 2.08. The number of carbonyl (C=O) groups excluding carboxylic acids is 1. The van der Waals surface area contributed by atoms with E-state index in [0.717, 1.165) is 21.3 Å². The Kier molecular flexibility index (Phi) is 4.29. The third kappa shape index (κ3) is 3.28. The van der Waals surface area contributed by atoms with Gasteiger partial charge in [-0.3, -0.25) is 10.2 Å². The normalized spacial score (nSPS) is 10.3. The van der Waals surface area contributed by atoms with Crippen molar-refractivity contribution in [3.8, 4) is 0 Å². The molecule has 2 heterocycles. The number of nitrogens with zero attached hydrogens (tertiary/aromatic N) is 2. The van der Waals surface area contributed by atoms with E-state index in [-0.39, 0.29) is 5.91 Å². The van der Waals surface area contributed by atoms with Crippen LogP contribution < -0.4 is 11.3 Å². The smallest absolute Gasteiger partial charge is 0.275 e. The van der Waals surface area contributed by atoms with Crippen molar-refractivity contribution < 1.29 is 4.79 Å². The molecule has 0 fully saturated rings. The second kappa shape index (κ2) is 5.94. The first-order chi connectivity index (χ1) is 8.69. The van der Waals surface area contributed by atoms with Crippen LogP contribution in [0.25, 0.3) is 0 Å². The van der Waals surface area contributed by atoms with Gasteiger partial charge in [0.1, 0.15) is 0 Å². The van der Waals surface area contributed by atoms with E-state index in [9.17, 15) is 4.79 Å². The number of aryl methyl sites for hydroxylation is 1. The van der Waals surface area contributed by atoms with Gasteiger partial charge in [0, 0.05) is 23.0 Å². The molecule has 0 aliphatic carbocycles. The maximum absolute atomic E-state index is 11.3. The molecule has 0 unspecified atom stereocenters. The quantitative estimate of drug-likeness (QED) is 0.293. The molecule has 2 aromatic rings. The minimum atomic E-state index is -0.261. The molecule has 0 aliphatic heterocycles. The lowest BCUT2D eigenvalue weighted by Crippen LogP contribution is -2.29. The number of thioether (sulfide) groups is 1. The van der Waals surface area contributed by atoms with Gasteiger partial charge >= 0.3 is 0 Å². The van der Waals surface area contributed by atoms with Crippen LogP contribution in [0.2, 0.25) is 0 Å². The number of amides is 1. The maximum Gasteiger partial charge on any atom is 0.275 e. The standard InChI is InChI=1S/C11H12N4OS2/c1-7-4-13-11(14-5-7)17-6-8-2-3-9(18-8)10(16)15-12/h2-5H,6,12H2,1H3,(H,15,16). The van der Waals surface area contributed by atoms with Crippen LogP contribution in [0.5, 0.6) is 0 Å². The van der Waals surface area contributed by atoms with E-state index in [0.29, 0.717) is 4.88 Å². The predicted octanol–water partition coefficient (Wildman–Crippen LogP) is 1.74. The van der Waals surface area contributed by atoms with Crippen molar-refractivity contribution in [2.45, 2.75) is 17.8 Å². The second-order valence-electron chi connectivity index (χ2n) is 3.57. The van der Waals surface area contributed by atoms with Gasteiger partial charge in [-0.2, -0.15) is 0 Å². The van der Waals surface area contributed by atoms with E-state index < -0.39 is 0 Å². The Balaban J connectivity index is 1.96. The van der Waals surface area contributed by atoms with Gasteiger partial charge in [0.25, 0.3) is 5.91 Å². The summed E-state index contributed by atoms with van der Waals surface area (Å²) < 4.78 is 0. The van der Waals surface area contributed by atoms with Gasteiger partial charge in [-0.1, -0.05) is 11.8 Å². The van der Waals surface area contributed by atoms with Crippen LogP contribution in [0.4, 0.5) is 0 Å². The number of nitrogens with one attached hydrogen (secondary N) is 1. The molecule has 0 spiro atoms. The minimum Gasteiger partial charge on any atom is -0.289 e. The minimum absolute atomic E-state index is 0.261. The fraction of sp³-hybridized carbons (Fsp3) is 0.182. The molecule has 0 bridgehead atoms. The Labute approximate surface area is 113 Å². The maximum atomic E-state index is 11.3. The predicted molar refractivity (Wildman–Crippen MR) is 72.3 cm³/mol. The van der Waals surface area contributed by atoms with Crippen LogP contribution in [0.1, 0.15) is 20.1 Å². The third-order valence-corrected chi connectivity index (χ3v) is 4.31. The van der Waals surface area contributed by atoms with Crippen molar-refractivity contribution in [2.75, 3.05) is 0 Å². The summed E-state index contributed by atoms with van der Waals surface area (Å²) in [5.74, 6) is 5.55. The Morgan fingerprint density at radius 1 is 1.44 bits per heavy atom. The van der Waals surface area contributed by atoms with Gasteiger partial charge < -0.3 is 0 Å². The van der Waals surface area contributed by atoms with Crippen molar-refractivity contribution >= 4 is 29.0 Å². The number of hydrazine groups is 1. The van der Waals surface area contributed by atoms with Gasteiger partial charge in [0.05, 0.1) is 4.88 Å². The summed E-state index contributed by atoms with van der Waals surface area (Å²) in [5.41, 5.74) is 3.15. The first-order valence-corrected chi connectivity index (χ1v) is 7.00. The molecule has 0 saturated carbocycles. The van der Waals surface area contributed by atoms with Gasteiger partial charge in [0.2, 0.25) is 0 Å². The molecule has 0 saturated heterocycles. The molecule has 1 amide bonds. The van der Waals surface area contributed by atoms with Crippen molar-refractivity contribution in [3.63, 3.8) is 0 Å². The largest absolute Gasteiger partial charge is 0.289 e. The zero-order chi connectivity index (χ0) is 13.0. The molecule has 0 atom stereocenters. The lowest BCUT2D eigenvalue weighted by molar-refractivity contribution is 0.0957. The monoisotopic (exact) mass is 280 g/mol. The molecule has 18 heavy (non-hydrogen) atoms. The summed E-state index contributed by atoms with van der Waals surface area (Å²) in [5, 5.41) is 0.735. The SMILES string of the molecule is Cc1cnc(SCc2ccc(C(=O)NN)s2)nc1. The molecule has 5 nitrogen and oxygen atoms in total. The summed E-state index contributed by atoms with van der Waals surface area (Å²) >= 11 is 2.96. The van der Waals surface area contributed by atoms with E-state index in [1.54, 1.807) is 30.2 Å². The zero-order valence-electron chi connectivity index (χ0n) is 9.71. The van der Waals surface area contributed by atoms with E-state index >= 15 is 0 Å². The Hall–Kier alpha value is -1.44. The second-order valence-corrected chi connectivity index (χ2v) is 5.68. The highest BCUT2D eigenvalue weighted by Crippen LogP contribution is 2.24. The summed E-state index contributed by atoms with van der Waals surface area (Å²) in [7, 11) is 0. The fourth-order valence-corrected chi connectivity index (χ4v) is 2.98. The van der Waals surface area contributed by atoms with Crippen LogP contribution >= 0.6 is 23.1 Å². The summed E-state index contributed by atoms with van der Waals surface area (Å²) in [6.45, 7) is 1.95. The fourth-order valence-electron chi connectivity index (χ4n) is 1.24. The van der Waals surface area contributed by atoms with E-state index in [1.165, 1.54) is 11.3 Å². The summed E-state index contributed by atoms with van der Waals surface area (Å²) in [6.07, 6.45) is 3.58. The topological polar surface area (TPSA) is 80.9 Å². The van der Waals surface area contributed by atoms with Crippen LogP contribution in [-0.4, -0.2) is 15.9 Å². The van der Waals surface area contributed by atoms with Crippen molar-refractivity contribution in [1.82, 2.24) is 15.4 Å². The molecule has 3 N–H and O–H groups in total. The highest BCUT2D eigenvalue weighted by atomic mass is 32.2. The van der Waals surface area contributed by atoms with Gasteiger partial charge in [-0.05, 0) is 24.6 Å². The first-order valence-electron chi connectivity index (χ1n) is 5.20. The molecule has 0 aliphatic rings. The van der Waals surface area contributed by atoms with Crippen LogP contribution in [0.15, 0.2) is 29.7 Å². The Bertz CT molecular complexity index is 538. The average Bonchev–Trinajstić information content (AvgIpc) is 2.86. The zero-order valence-corrected chi connectivity index (χ0v) is 11.3. The molecule has 0 radical (unpaired) electrons. The van der Waals surface area contributed by atoms with Crippen molar-refractivity contribution in [3.05, 3.63) is 39.8 Å². The highest BCUT2D eigenvalue weighted by molar-refractivity contribution is 7.98. The first kappa shape index (κ1) is 13.0. The molecule has 94 valence electrons. The van der Waals surface area contributed by atoms with Crippen molar-refractivity contribution in [2.24, 2.45) is 5.84 Å². The molecule has 2 rings (SSSR count). The van der Waals surface area contributed by atoms with E-state index in [1.807, 2.05) is 13.0 Å². The Morgan fingerprint density at radius 2 is 2.17 bits per heavy atom. The number of nitrogens with two attached hydrogens (primary N) is 1. The summed E-state index contributed by atoms with van der Waals surface area (Å²) in [6, 6.07) is 3.68. The number of rotatable bonds is 4. The number of carbonyl (C=O) groups is 1. The molecule has 2 aromatic heterocycles. The van der Waals surface area contributed by atoms with E-state index in [2.05, 4.69) is 15.4 Å². The summed E-state index contributed by atoms with van der Waals surface area (Å²) in [4.78, 5) is 21.4.